The number of halogens is 1. The third-order valence-corrected chi connectivity index (χ3v) is 4.64. The van der Waals surface area contributed by atoms with E-state index in [-0.39, 0.29) is 19.2 Å². The Hall–Kier alpha value is -3.62. The number of nitrogens with one attached hydrogen (secondary N) is 1. The molecule has 31 heavy (non-hydrogen) atoms. The van der Waals surface area contributed by atoms with Gasteiger partial charge in [0.25, 0.3) is 0 Å². The molecule has 4 aromatic rings. The fraction of sp³-hybridized carbons (Fsp3) is 0.136. The zero-order chi connectivity index (χ0) is 20.2. The molecule has 0 unspecified atom stereocenters. The maximum Gasteiger partial charge on any atom is 0.345 e. The van der Waals surface area contributed by atoms with Crippen LogP contribution in [-0.4, -0.2) is 27.0 Å². The van der Waals surface area contributed by atoms with Crippen molar-refractivity contribution in [2.45, 2.75) is 13.1 Å². The number of ether oxygens (including phenoxy) is 3. The minimum Gasteiger partial charge on any atom is -0.454 e. The van der Waals surface area contributed by atoms with Crippen molar-refractivity contribution in [1.82, 2.24) is 25.5 Å². The highest BCUT2D eigenvalue weighted by Gasteiger charge is 2.13. The van der Waals surface area contributed by atoms with E-state index < -0.39 is 0 Å². The second-order valence-corrected chi connectivity index (χ2v) is 6.75. The molecule has 0 saturated heterocycles. The predicted octanol–water partition coefficient (Wildman–Crippen LogP) is 3.89. The van der Waals surface area contributed by atoms with Gasteiger partial charge in [-0.05, 0) is 58.0 Å². The number of hydrogen-bond donors (Lipinski definition) is 1. The van der Waals surface area contributed by atoms with Gasteiger partial charge in [0.1, 0.15) is 5.75 Å². The summed E-state index contributed by atoms with van der Waals surface area (Å²) in [7, 11) is 0. The molecule has 1 aromatic heterocycles. The highest BCUT2D eigenvalue weighted by Crippen LogP contribution is 2.32. The summed E-state index contributed by atoms with van der Waals surface area (Å²) in [5.74, 6) is 2.26. The maximum atomic E-state index is 5.93. The molecule has 9 heteroatoms. The van der Waals surface area contributed by atoms with Gasteiger partial charge >= 0.3 is 6.01 Å². The van der Waals surface area contributed by atoms with Gasteiger partial charge in [-0.3, -0.25) is 0 Å². The van der Waals surface area contributed by atoms with Crippen LogP contribution in [0.4, 0.5) is 0 Å². The van der Waals surface area contributed by atoms with Crippen molar-refractivity contribution in [3.8, 4) is 28.9 Å². The normalized spacial score (nSPS) is 11.7. The standard InChI is InChI=1S/C22H19N5O3.ClH/c1-2-6-18(7-3-1)27-22(24-25-26-27)30-19-8-4-5-16(11-19)13-23-14-17-9-10-20-21(12-17)29-15-28-20;/h1-12,23H,13-15H2;1H. The molecule has 8 nitrogen and oxygen atoms in total. The van der Waals surface area contributed by atoms with Gasteiger partial charge in [-0.2, -0.15) is 4.68 Å². The van der Waals surface area contributed by atoms with Crippen LogP contribution in [0, 0.1) is 0 Å². The monoisotopic (exact) mass is 437 g/mol. The number of aromatic nitrogens is 4. The summed E-state index contributed by atoms with van der Waals surface area (Å²) in [4.78, 5) is 0. The molecule has 0 fully saturated rings. The minimum atomic E-state index is 0. The van der Waals surface area contributed by atoms with Crippen molar-refractivity contribution in [3.63, 3.8) is 0 Å². The van der Waals surface area contributed by atoms with Gasteiger partial charge in [0, 0.05) is 13.1 Å². The van der Waals surface area contributed by atoms with Crippen molar-refractivity contribution in [2.24, 2.45) is 0 Å². The number of rotatable bonds is 7. The zero-order valence-corrected chi connectivity index (χ0v) is 17.3. The van der Waals surface area contributed by atoms with Crippen LogP contribution in [0.5, 0.6) is 23.3 Å². The average molecular weight is 438 g/mol. The van der Waals surface area contributed by atoms with Crippen molar-refractivity contribution in [3.05, 3.63) is 83.9 Å². The van der Waals surface area contributed by atoms with Crippen molar-refractivity contribution in [1.29, 1.82) is 0 Å². The number of benzene rings is 3. The predicted molar refractivity (Wildman–Crippen MR) is 116 cm³/mol. The van der Waals surface area contributed by atoms with E-state index >= 15 is 0 Å². The fourth-order valence-electron chi connectivity index (χ4n) is 3.20. The van der Waals surface area contributed by atoms with Crippen molar-refractivity contribution in [2.75, 3.05) is 6.79 Å². The molecule has 1 N–H and O–H groups in total. The van der Waals surface area contributed by atoms with Crippen LogP contribution in [0.15, 0.2) is 72.8 Å². The smallest absolute Gasteiger partial charge is 0.345 e. The third-order valence-electron chi connectivity index (χ3n) is 4.64. The summed E-state index contributed by atoms with van der Waals surface area (Å²) in [5.41, 5.74) is 3.06. The van der Waals surface area contributed by atoms with E-state index in [1.54, 1.807) is 4.68 Å². The van der Waals surface area contributed by atoms with E-state index in [1.165, 1.54) is 0 Å². The Kier molecular flexibility index (Phi) is 6.30. The lowest BCUT2D eigenvalue weighted by molar-refractivity contribution is 0.174. The summed E-state index contributed by atoms with van der Waals surface area (Å²) in [6, 6.07) is 23.7. The van der Waals surface area contributed by atoms with Crippen LogP contribution in [-0.2, 0) is 13.1 Å². The molecule has 2 heterocycles. The lowest BCUT2D eigenvalue weighted by atomic mass is 10.2. The van der Waals surface area contributed by atoms with E-state index in [4.69, 9.17) is 14.2 Å². The van der Waals surface area contributed by atoms with E-state index in [9.17, 15) is 0 Å². The molecule has 3 aromatic carbocycles. The summed E-state index contributed by atoms with van der Waals surface area (Å²) in [6.07, 6.45) is 0. The molecule has 5 rings (SSSR count). The Morgan fingerprint density at radius 3 is 2.55 bits per heavy atom. The van der Waals surface area contributed by atoms with Gasteiger partial charge in [-0.25, -0.2) is 0 Å². The quantitative estimate of drug-likeness (QED) is 0.469. The largest absolute Gasteiger partial charge is 0.454 e. The maximum absolute atomic E-state index is 5.93. The molecule has 1 aliphatic heterocycles. The van der Waals surface area contributed by atoms with Crippen LogP contribution < -0.4 is 19.5 Å². The van der Waals surface area contributed by atoms with Crippen molar-refractivity contribution < 1.29 is 14.2 Å². The van der Waals surface area contributed by atoms with E-state index in [2.05, 4.69) is 20.8 Å². The van der Waals surface area contributed by atoms with Crippen LogP contribution >= 0.6 is 12.4 Å². The molecule has 1 aliphatic rings. The summed E-state index contributed by atoms with van der Waals surface area (Å²) in [5, 5.41) is 15.2. The lowest BCUT2D eigenvalue weighted by Gasteiger charge is -2.09. The molecule has 0 bridgehead atoms. The van der Waals surface area contributed by atoms with Gasteiger partial charge in [0.2, 0.25) is 6.79 Å². The highest BCUT2D eigenvalue weighted by molar-refractivity contribution is 5.85. The molecule has 0 amide bonds. The molecule has 158 valence electrons. The second-order valence-electron chi connectivity index (χ2n) is 6.75. The first kappa shape index (κ1) is 20.6. The topological polar surface area (TPSA) is 83.3 Å². The Morgan fingerprint density at radius 2 is 1.68 bits per heavy atom. The molecule has 0 spiro atoms. The Bertz CT molecular complexity index is 1150. The third kappa shape index (κ3) is 4.76. The van der Waals surface area contributed by atoms with E-state index in [1.807, 2.05) is 72.8 Å². The van der Waals surface area contributed by atoms with Gasteiger partial charge < -0.3 is 19.5 Å². The minimum absolute atomic E-state index is 0. The lowest BCUT2D eigenvalue weighted by Crippen LogP contribution is -2.12. The van der Waals surface area contributed by atoms with Gasteiger partial charge in [-0.1, -0.05) is 41.5 Å². The number of tetrazole rings is 1. The second kappa shape index (κ2) is 9.46. The summed E-state index contributed by atoms with van der Waals surface area (Å²) < 4.78 is 18.3. The molecular formula is C22H20ClN5O3. The molecular weight excluding hydrogens is 418 g/mol. The van der Waals surface area contributed by atoms with Crippen LogP contribution in [0.1, 0.15) is 11.1 Å². The molecule has 0 radical (unpaired) electrons. The van der Waals surface area contributed by atoms with Crippen LogP contribution in [0.3, 0.4) is 0 Å². The first-order chi connectivity index (χ1) is 14.8. The SMILES string of the molecule is Cl.c1ccc(-n2nnnc2Oc2cccc(CNCc3ccc4c(c3)OCO4)c2)cc1. The Morgan fingerprint density at radius 1 is 0.871 bits per heavy atom. The summed E-state index contributed by atoms with van der Waals surface area (Å²) in [6.45, 7) is 1.69. The number of fused-ring (bicyclic) bond motifs is 1. The van der Waals surface area contributed by atoms with Gasteiger partial charge in [0.05, 0.1) is 5.69 Å². The Balaban J connectivity index is 0.00000231. The van der Waals surface area contributed by atoms with Gasteiger partial charge in [0.15, 0.2) is 11.5 Å². The first-order valence-electron chi connectivity index (χ1n) is 9.55. The first-order valence-corrected chi connectivity index (χ1v) is 9.55. The van der Waals surface area contributed by atoms with E-state index in [0.29, 0.717) is 24.8 Å². The number of para-hydroxylation sites is 1. The summed E-state index contributed by atoms with van der Waals surface area (Å²) >= 11 is 0. The molecule has 0 saturated carbocycles. The fourth-order valence-corrected chi connectivity index (χ4v) is 3.20. The molecule has 0 aliphatic carbocycles. The van der Waals surface area contributed by atoms with Crippen LogP contribution in [0.2, 0.25) is 0 Å². The highest BCUT2D eigenvalue weighted by atomic mass is 35.5. The van der Waals surface area contributed by atoms with Crippen LogP contribution in [0.25, 0.3) is 5.69 Å². The Labute approximate surface area is 185 Å². The average Bonchev–Trinajstić information content (AvgIpc) is 3.44. The van der Waals surface area contributed by atoms with Crippen molar-refractivity contribution >= 4 is 12.4 Å². The number of hydrogen-bond acceptors (Lipinski definition) is 7. The molecule has 0 atom stereocenters. The zero-order valence-electron chi connectivity index (χ0n) is 16.5. The van der Waals surface area contributed by atoms with Gasteiger partial charge in [-0.15, -0.1) is 12.4 Å². The number of nitrogens with zero attached hydrogens (tertiary/aromatic N) is 4. The van der Waals surface area contributed by atoms with E-state index in [0.717, 1.165) is 28.3 Å².